The highest BCUT2D eigenvalue weighted by Crippen LogP contribution is 2.22. The number of Topliss-reactive ketones (excluding diaryl/α,β-unsaturated/α-hetero) is 1. The van der Waals surface area contributed by atoms with E-state index in [-0.39, 0.29) is 11.8 Å². The van der Waals surface area contributed by atoms with E-state index in [1.54, 1.807) is 11.3 Å². The fraction of sp³-hybridized carbons (Fsp3) is 0.267. The van der Waals surface area contributed by atoms with Crippen molar-refractivity contribution in [1.29, 1.82) is 0 Å². The van der Waals surface area contributed by atoms with E-state index in [1.807, 2.05) is 30.5 Å². The molecule has 2 heterocycles. The maximum Gasteiger partial charge on any atom is 0.181 e. The molecule has 1 aliphatic rings. The van der Waals surface area contributed by atoms with Crippen molar-refractivity contribution in [3.05, 3.63) is 57.3 Å². The van der Waals surface area contributed by atoms with Crippen LogP contribution in [0.1, 0.15) is 26.4 Å². The Morgan fingerprint density at radius 2 is 2.06 bits per heavy atom. The summed E-state index contributed by atoms with van der Waals surface area (Å²) in [6, 6.07) is 10.2. The molecule has 18 heavy (non-hydrogen) atoms. The number of benzene rings is 1. The molecule has 1 aliphatic heterocycles. The first-order chi connectivity index (χ1) is 8.75. The number of aryl methyl sites for hydroxylation is 1. The Balaban J connectivity index is 1.84. The number of hydrogen-bond donors (Lipinski definition) is 1. The normalized spacial score (nSPS) is 18.4. The number of hydrogen-bond acceptors (Lipinski definition) is 3. The van der Waals surface area contributed by atoms with Gasteiger partial charge in [0.25, 0.3) is 0 Å². The van der Waals surface area contributed by atoms with Crippen LogP contribution in [-0.4, -0.2) is 11.8 Å². The van der Waals surface area contributed by atoms with E-state index in [9.17, 15) is 4.79 Å². The van der Waals surface area contributed by atoms with Gasteiger partial charge in [-0.3, -0.25) is 4.79 Å². The fourth-order valence-corrected chi connectivity index (χ4v) is 3.17. The van der Waals surface area contributed by atoms with E-state index in [0.717, 1.165) is 23.4 Å². The quantitative estimate of drug-likeness (QED) is 0.838. The molecule has 1 unspecified atom stereocenters. The lowest BCUT2D eigenvalue weighted by Gasteiger charge is -2.25. The van der Waals surface area contributed by atoms with Crippen LogP contribution in [0.25, 0.3) is 0 Å². The highest BCUT2D eigenvalue weighted by molar-refractivity contribution is 7.10. The van der Waals surface area contributed by atoms with Gasteiger partial charge in [-0.1, -0.05) is 24.3 Å². The summed E-state index contributed by atoms with van der Waals surface area (Å²) in [5.74, 6) is 0.225. The van der Waals surface area contributed by atoms with Crippen LogP contribution in [0.2, 0.25) is 0 Å². The molecule has 0 bridgehead atoms. The SMILES string of the molecule is Cc1sccc1C(=O)C1Cc2ccccc2CN1. The third kappa shape index (κ3) is 2.00. The van der Waals surface area contributed by atoms with Gasteiger partial charge in [0, 0.05) is 17.0 Å². The predicted octanol–water partition coefficient (Wildman–Crippen LogP) is 2.95. The molecule has 2 aromatic rings. The van der Waals surface area contributed by atoms with Crippen LogP contribution in [0.4, 0.5) is 0 Å². The van der Waals surface area contributed by atoms with Gasteiger partial charge in [0.15, 0.2) is 5.78 Å². The molecule has 0 aliphatic carbocycles. The van der Waals surface area contributed by atoms with Gasteiger partial charge >= 0.3 is 0 Å². The largest absolute Gasteiger partial charge is 0.303 e. The topological polar surface area (TPSA) is 29.1 Å². The number of thiophene rings is 1. The maximum atomic E-state index is 12.4. The molecule has 0 amide bonds. The third-order valence-corrected chi connectivity index (χ3v) is 4.37. The monoisotopic (exact) mass is 257 g/mol. The lowest BCUT2D eigenvalue weighted by atomic mass is 9.91. The zero-order valence-corrected chi connectivity index (χ0v) is 11.1. The van der Waals surface area contributed by atoms with Crippen LogP contribution in [0, 0.1) is 6.92 Å². The summed E-state index contributed by atoms with van der Waals surface area (Å²) in [7, 11) is 0. The van der Waals surface area contributed by atoms with Gasteiger partial charge < -0.3 is 5.32 Å². The Labute approximate surface area is 111 Å². The summed E-state index contributed by atoms with van der Waals surface area (Å²) >= 11 is 1.63. The zero-order valence-electron chi connectivity index (χ0n) is 10.3. The van der Waals surface area contributed by atoms with Gasteiger partial charge in [-0.15, -0.1) is 11.3 Å². The van der Waals surface area contributed by atoms with Crippen molar-refractivity contribution in [1.82, 2.24) is 5.32 Å². The molecule has 3 rings (SSSR count). The van der Waals surface area contributed by atoms with E-state index in [0.29, 0.717) is 0 Å². The van der Waals surface area contributed by atoms with E-state index in [2.05, 4.69) is 17.4 Å². The Hall–Kier alpha value is -1.45. The van der Waals surface area contributed by atoms with Crippen molar-refractivity contribution < 1.29 is 4.79 Å². The molecular weight excluding hydrogens is 242 g/mol. The first kappa shape index (κ1) is 11.6. The lowest BCUT2D eigenvalue weighted by molar-refractivity contribution is 0.0938. The molecule has 0 radical (unpaired) electrons. The maximum absolute atomic E-state index is 12.4. The second-order valence-corrected chi connectivity index (χ2v) is 5.78. The van der Waals surface area contributed by atoms with Crippen molar-refractivity contribution in [2.45, 2.75) is 25.9 Å². The molecule has 0 spiro atoms. The van der Waals surface area contributed by atoms with Gasteiger partial charge in [-0.05, 0) is 35.9 Å². The van der Waals surface area contributed by atoms with E-state index >= 15 is 0 Å². The van der Waals surface area contributed by atoms with Gasteiger partial charge in [0.1, 0.15) is 0 Å². The Bertz CT molecular complexity index is 588. The van der Waals surface area contributed by atoms with E-state index in [4.69, 9.17) is 0 Å². The average Bonchev–Trinajstić information content (AvgIpc) is 2.83. The molecule has 1 aromatic heterocycles. The minimum absolute atomic E-state index is 0.0757. The first-order valence-corrected chi connectivity index (χ1v) is 7.02. The van der Waals surface area contributed by atoms with Gasteiger partial charge in [-0.2, -0.15) is 0 Å². The van der Waals surface area contributed by atoms with Crippen molar-refractivity contribution in [2.75, 3.05) is 0 Å². The smallest absolute Gasteiger partial charge is 0.181 e. The Morgan fingerprint density at radius 1 is 1.28 bits per heavy atom. The molecule has 0 saturated heterocycles. The predicted molar refractivity (Wildman–Crippen MR) is 74.2 cm³/mol. The number of rotatable bonds is 2. The summed E-state index contributed by atoms with van der Waals surface area (Å²) < 4.78 is 0. The Morgan fingerprint density at radius 3 is 2.78 bits per heavy atom. The van der Waals surface area contributed by atoms with Crippen molar-refractivity contribution in [3.8, 4) is 0 Å². The van der Waals surface area contributed by atoms with E-state index < -0.39 is 0 Å². The highest BCUT2D eigenvalue weighted by atomic mass is 32.1. The number of nitrogens with one attached hydrogen (secondary N) is 1. The van der Waals surface area contributed by atoms with Crippen LogP contribution in [-0.2, 0) is 13.0 Å². The molecule has 1 aromatic carbocycles. The van der Waals surface area contributed by atoms with Gasteiger partial charge in [0.2, 0.25) is 0 Å². The minimum Gasteiger partial charge on any atom is -0.303 e. The molecule has 1 atom stereocenters. The van der Waals surface area contributed by atoms with Crippen LogP contribution >= 0.6 is 11.3 Å². The molecule has 0 fully saturated rings. The molecule has 3 heteroatoms. The molecule has 2 nitrogen and oxygen atoms in total. The van der Waals surface area contributed by atoms with E-state index in [1.165, 1.54) is 11.1 Å². The van der Waals surface area contributed by atoms with Crippen molar-refractivity contribution in [3.63, 3.8) is 0 Å². The zero-order chi connectivity index (χ0) is 12.5. The number of carbonyl (C=O) groups is 1. The number of carbonyl (C=O) groups excluding carboxylic acids is 1. The third-order valence-electron chi connectivity index (χ3n) is 3.52. The number of fused-ring (bicyclic) bond motifs is 1. The molecule has 92 valence electrons. The van der Waals surface area contributed by atoms with Crippen LogP contribution in [0.5, 0.6) is 0 Å². The van der Waals surface area contributed by atoms with Crippen LogP contribution in [0.15, 0.2) is 35.7 Å². The second-order valence-electron chi connectivity index (χ2n) is 4.66. The number of ketones is 1. The van der Waals surface area contributed by atoms with Crippen molar-refractivity contribution in [2.24, 2.45) is 0 Å². The Kier molecular flexibility index (Phi) is 3.02. The fourth-order valence-electron chi connectivity index (χ4n) is 2.47. The van der Waals surface area contributed by atoms with Gasteiger partial charge in [0.05, 0.1) is 6.04 Å². The molecule has 0 saturated carbocycles. The lowest BCUT2D eigenvalue weighted by Crippen LogP contribution is -2.41. The summed E-state index contributed by atoms with van der Waals surface area (Å²) in [6.07, 6.45) is 0.796. The molecular formula is C15H15NOS. The van der Waals surface area contributed by atoms with Crippen molar-refractivity contribution >= 4 is 17.1 Å². The summed E-state index contributed by atoms with van der Waals surface area (Å²) in [5.41, 5.74) is 3.47. The standard InChI is InChI=1S/C15H15NOS/c1-10-13(6-7-18-10)15(17)14-8-11-4-2-3-5-12(11)9-16-14/h2-7,14,16H,8-9H2,1H3. The van der Waals surface area contributed by atoms with Gasteiger partial charge in [-0.25, -0.2) is 0 Å². The van der Waals surface area contributed by atoms with Crippen LogP contribution < -0.4 is 5.32 Å². The summed E-state index contributed by atoms with van der Waals surface area (Å²) in [5, 5.41) is 5.33. The second kappa shape index (κ2) is 4.67. The summed E-state index contributed by atoms with van der Waals surface area (Å²) in [6.45, 7) is 2.80. The average molecular weight is 257 g/mol. The summed E-state index contributed by atoms with van der Waals surface area (Å²) in [4.78, 5) is 13.5. The highest BCUT2D eigenvalue weighted by Gasteiger charge is 2.25. The minimum atomic E-state index is -0.0757. The molecule has 1 N–H and O–H groups in total. The first-order valence-electron chi connectivity index (χ1n) is 6.14. The van der Waals surface area contributed by atoms with Crippen LogP contribution in [0.3, 0.4) is 0 Å².